The van der Waals surface area contributed by atoms with Crippen molar-refractivity contribution in [3.8, 4) is 11.3 Å². The van der Waals surface area contributed by atoms with Crippen LogP contribution in [0, 0.1) is 13.8 Å². The third-order valence-electron chi connectivity index (χ3n) is 3.01. The summed E-state index contributed by atoms with van der Waals surface area (Å²) in [6.07, 6.45) is 0.854. The molecule has 0 fully saturated rings. The van der Waals surface area contributed by atoms with Gasteiger partial charge in [0, 0.05) is 17.7 Å². The molecule has 0 unspecified atom stereocenters. The number of benzene rings is 1. The summed E-state index contributed by atoms with van der Waals surface area (Å²) >= 11 is 1.72. The minimum Gasteiger partial charge on any atom is -0.241 e. The van der Waals surface area contributed by atoms with Gasteiger partial charge >= 0.3 is 0 Å². The third-order valence-corrected chi connectivity index (χ3v) is 3.96. The number of hydrogen-bond donors (Lipinski definition) is 0. The molecule has 3 rings (SSSR count). The van der Waals surface area contributed by atoms with E-state index in [1.807, 2.05) is 19.9 Å². The fraction of sp³-hybridized carbons (Fsp3) is 0.267. The number of aromatic nitrogens is 3. The van der Waals surface area contributed by atoms with Gasteiger partial charge in [-0.1, -0.05) is 13.0 Å². The van der Waals surface area contributed by atoms with Gasteiger partial charge in [0.25, 0.3) is 0 Å². The van der Waals surface area contributed by atoms with E-state index in [0.717, 1.165) is 39.7 Å². The van der Waals surface area contributed by atoms with Crippen LogP contribution in [0.1, 0.15) is 23.4 Å². The van der Waals surface area contributed by atoms with Gasteiger partial charge in [-0.05, 0) is 32.0 Å². The lowest BCUT2D eigenvalue weighted by atomic mass is 10.1. The van der Waals surface area contributed by atoms with Gasteiger partial charge in [0.05, 0.1) is 20.9 Å². The predicted octanol–water partition coefficient (Wildman–Crippen LogP) is 3.93. The normalized spacial score (nSPS) is 11.1. The van der Waals surface area contributed by atoms with E-state index < -0.39 is 0 Å². The molecule has 0 radical (unpaired) electrons. The molecular weight excluding hydrogens is 254 g/mol. The maximum absolute atomic E-state index is 4.60. The van der Waals surface area contributed by atoms with E-state index in [4.69, 9.17) is 0 Å². The molecule has 0 saturated heterocycles. The lowest BCUT2D eigenvalue weighted by Gasteiger charge is -2.04. The molecular formula is C15H15N3S. The van der Waals surface area contributed by atoms with E-state index in [-0.39, 0.29) is 0 Å². The first-order valence-corrected chi connectivity index (χ1v) is 7.19. The molecule has 4 heteroatoms. The molecule has 2 aromatic heterocycles. The summed E-state index contributed by atoms with van der Waals surface area (Å²) in [5, 5.41) is 1.10. The monoisotopic (exact) mass is 269 g/mol. The van der Waals surface area contributed by atoms with Gasteiger partial charge < -0.3 is 0 Å². The van der Waals surface area contributed by atoms with Crippen LogP contribution >= 0.6 is 11.3 Å². The molecule has 0 bridgehead atoms. The number of nitrogens with zero attached hydrogens (tertiary/aromatic N) is 3. The Morgan fingerprint density at radius 2 is 1.89 bits per heavy atom. The first-order chi connectivity index (χ1) is 9.15. The lowest BCUT2D eigenvalue weighted by Crippen LogP contribution is -1.97. The quantitative estimate of drug-likeness (QED) is 0.707. The fourth-order valence-electron chi connectivity index (χ4n) is 2.14. The molecule has 0 aliphatic heterocycles. The highest BCUT2D eigenvalue weighted by Gasteiger charge is 2.06. The number of fused-ring (bicyclic) bond motifs is 1. The van der Waals surface area contributed by atoms with Crippen LogP contribution in [0.5, 0.6) is 0 Å². The Kier molecular flexibility index (Phi) is 3.03. The Hall–Kier alpha value is -1.81. The molecule has 2 heterocycles. The lowest BCUT2D eigenvalue weighted by molar-refractivity contribution is 0.921. The third kappa shape index (κ3) is 2.36. The van der Waals surface area contributed by atoms with E-state index in [0.29, 0.717) is 0 Å². The van der Waals surface area contributed by atoms with Crippen LogP contribution in [-0.2, 0) is 6.42 Å². The highest BCUT2D eigenvalue weighted by Crippen LogP contribution is 2.27. The van der Waals surface area contributed by atoms with E-state index in [9.17, 15) is 0 Å². The SMILES string of the molecule is CCc1nc(C)cc(-c2ccc3sc(C)nc3c2)n1. The maximum Gasteiger partial charge on any atom is 0.128 e. The van der Waals surface area contributed by atoms with E-state index in [1.54, 1.807) is 11.3 Å². The number of aryl methyl sites for hydroxylation is 3. The zero-order valence-electron chi connectivity index (χ0n) is 11.3. The van der Waals surface area contributed by atoms with Gasteiger partial charge in [-0.2, -0.15) is 0 Å². The summed E-state index contributed by atoms with van der Waals surface area (Å²) in [6.45, 7) is 6.12. The predicted molar refractivity (Wildman–Crippen MR) is 79.5 cm³/mol. The minimum absolute atomic E-state index is 0.854. The van der Waals surface area contributed by atoms with Gasteiger partial charge in [0.2, 0.25) is 0 Å². The Bertz CT molecular complexity index is 746. The molecule has 3 aromatic rings. The first kappa shape index (κ1) is 12.2. The van der Waals surface area contributed by atoms with Crippen molar-refractivity contribution < 1.29 is 0 Å². The van der Waals surface area contributed by atoms with Crippen molar-refractivity contribution >= 4 is 21.6 Å². The number of hydrogen-bond acceptors (Lipinski definition) is 4. The molecule has 0 N–H and O–H groups in total. The summed E-state index contributed by atoms with van der Waals surface area (Å²) < 4.78 is 1.22. The second-order valence-electron chi connectivity index (χ2n) is 4.58. The van der Waals surface area contributed by atoms with Gasteiger partial charge in [-0.3, -0.25) is 0 Å². The molecule has 0 spiro atoms. The number of thiazole rings is 1. The van der Waals surface area contributed by atoms with E-state index >= 15 is 0 Å². The summed E-state index contributed by atoms with van der Waals surface area (Å²) in [7, 11) is 0. The van der Waals surface area contributed by atoms with Crippen LogP contribution in [0.2, 0.25) is 0 Å². The molecule has 0 saturated carbocycles. The Balaban J connectivity index is 2.15. The van der Waals surface area contributed by atoms with Crippen LogP contribution in [0.25, 0.3) is 21.5 Å². The van der Waals surface area contributed by atoms with Crippen LogP contribution in [-0.4, -0.2) is 15.0 Å². The van der Waals surface area contributed by atoms with E-state index in [1.165, 1.54) is 4.70 Å². The Labute approximate surface area is 116 Å². The van der Waals surface area contributed by atoms with Gasteiger partial charge in [0.15, 0.2) is 0 Å². The largest absolute Gasteiger partial charge is 0.241 e. The standard InChI is InChI=1S/C15H15N3S/c1-4-15-16-9(2)7-12(18-15)11-5-6-14-13(8-11)17-10(3)19-14/h5-8H,4H2,1-3H3. The fourth-order valence-corrected chi connectivity index (χ4v) is 2.95. The van der Waals surface area contributed by atoms with Gasteiger partial charge in [0.1, 0.15) is 5.82 Å². The molecule has 0 atom stereocenters. The zero-order chi connectivity index (χ0) is 13.4. The van der Waals surface area contributed by atoms with Crippen molar-refractivity contribution in [1.29, 1.82) is 0 Å². The molecule has 0 aliphatic carbocycles. The summed E-state index contributed by atoms with van der Waals surface area (Å²) in [5.41, 5.74) is 4.15. The van der Waals surface area contributed by atoms with Gasteiger partial charge in [-0.15, -0.1) is 11.3 Å². The van der Waals surface area contributed by atoms with E-state index in [2.05, 4.69) is 40.1 Å². The summed E-state index contributed by atoms with van der Waals surface area (Å²) in [4.78, 5) is 13.6. The molecule has 1 aromatic carbocycles. The molecule has 19 heavy (non-hydrogen) atoms. The smallest absolute Gasteiger partial charge is 0.128 e. The van der Waals surface area contributed by atoms with Gasteiger partial charge in [-0.25, -0.2) is 15.0 Å². The Morgan fingerprint density at radius 3 is 2.68 bits per heavy atom. The molecule has 0 aliphatic rings. The molecule has 0 amide bonds. The van der Waals surface area contributed by atoms with Crippen molar-refractivity contribution in [2.24, 2.45) is 0 Å². The molecule has 3 nitrogen and oxygen atoms in total. The van der Waals surface area contributed by atoms with Crippen LogP contribution in [0.15, 0.2) is 24.3 Å². The summed E-state index contributed by atoms with van der Waals surface area (Å²) in [5.74, 6) is 0.893. The first-order valence-electron chi connectivity index (χ1n) is 6.38. The van der Waals surface area contributed by atoms with Crippen LogP contribution in [0.4, 0.5) is 0 Å². The average molecular weight is 269 g/mol. The average Bonchev–Trinajstić information content (AvgIpc) is 2.76. The van der Waals surface area contributed by atoms with Crippen molar-refractivity contribution in [1.82, 2.24) is 15.0 Å². The minimum atomic E-state index is 0.854. The van der Waals surface area contributed by atoms with Crippen molar-refractivity contribution in [2.75, 3.05) is 0 Å². The van der Waals surface area contributed by atoms with Crippen molar-refractivity contribution in [2.45, 2.75) is 27.2 Å². The van der Waals surface area contributed by atoms with Crippen molar-refractivity contribution in [3.63, 3.8) is 0 Å². The molecule has 96 valence electrons. The van der Waals surface area contributed by atoms with Crippen molar-refractivity contribution in [3.05, 3.63) is 40.8 Å². The second kappa shape index (κ2) is 4.70. The highest BCUT2D eigenvalue weighted by molar-refractivity contribution is 7.18. The summed E-state index contributed by atoms with van der Waals surface area (Å²) in [6, 6.07) is 8.37. The van der Waals surface area contributed by atoms with Crippen LogP contribution in [0.3, 0.4) is 0 Å². The highest BCUT2D eigenvalue weighted by atomic mass is 32.1. The second-order valence-corrected chi connectivity index (χ2v) is 5.81. The zero-order valence-corrected chi connectivity index (χ0v) is 12.1. The van der Waals surface area contributed by atoms with Crippen LogP contribution < -0.4 is 0 Å². The topological polar surface area (TPSA) is 38.7 Å². The maximum atomic E-state index is 4.60. The Morgan fingerprint density at radius 1 is 1.05 bits per heavy atom. The number of rotatable bonds is 2.